The maximum absolute atomic E-state index is 11.3. The molecule has 0 aliphatic heterocycles. The van der Waals surface area contributed by atoms with E-state index >= 15 is 0 Å². The van der Waals surface area contributed by atoms with Gasteiger partial charge in [-0.3, -0.25) is 9.59 Å². The summed E-state index contributed by atoms with van der Waals surface area (Å²) in [5.74, 6) is 0.0825. The molecule has 0 aromatic heterocycles. The summed E-state index contributed by atoms with van der Waals surface area (Å²) in [6, 6.07) is 0. The molecule has 0 aliphatic carbocycles. The Hall–Kier alpha value is -1.06. The van der Waals surface area contributed by atoms with E-state index in [1.54, 1.807) is 0 Å². The topological polar surface area (TPSA) is 52.6 Å². The lowest BCUT2D eigenvalue weighted by atomic mass is 9.91. The maximum Gasteiger partial charge on any atom is 0.305 e. The van der Waals surface area contributed by atoms with Crippen LogP contribution >= 0.6 is 0 Å². The molecule has 0 spiro atoms. The molecule has 0 amide bonds. The first-order chi connectivity index (χ1) is 10.6. The first-order valence-electron chi connectivity index (χ1n) is 8.77. The van der Waals surface area contributed by atoms with Crippen LogP contribution in [0.3, 0.4) is 0 Å². The van der Waals surface area contributed by atoms with Gasteiger partial charge in [0.1, 0.15) is 0 Å². The number of hydrogen-bond donors (Lipinski definition) is 0. The highest BCUT2D eigenvalue weighted by Crippen LogP contribution is 2.22. The Kier molecular flexibility index (Phi) is 14.1. The van der Waals surface area contributed by atoms with Crippen molar-refractivity contribution in [3.8, 4) is 0 Å². The van der Waals surface area contributed by atoms with Crippen molar-refractivity contribution in [2.24, 2.45) is 5.92 Å². The van der Waals surface area contributed by atoms with Crippen molar-refractivity contribution in [3.63, 3.8) is 0 Å². The molecule has 0 unspecified atom stereocenters. The summed E-state index contributed by atoms with van der Waals surface area (Å²) in [7, 11) is 2.84. The van der Waals surface area contributed by atoms with Crippen LogP contribution in [0.15, 0.2) is 0 Å². The summed E-state index contributed by atoms with van der Waals surface area (Å²) in [4.78, 5) is 22.5. The minimum absolute atomic E-state index is 0.164. The Bertz CT molecular complexity index is 269. The molecule has 0 heterocycles. The van der Waals surface area contributed by atoms with Crippen LogP contribution in [-0.2, 0) is 19.1 Å². The van der Waals surface area contributed by atoms with Crippen LogP contribution in [0.5, 0.6) is 0 Å². The SMILES string of the molecule is CCCCCCCCCC(CCC(=O)OC)CCC(=O)OC. The van der Waals surface area contributed by atoms with E-state index < -0.39 is 0 Å². The van der Waals surface area contributed by atoms with Gasteiger partial charge in [-0.15, -0.1) is 0 Å². The van der Waals surface area contributed by atoms with Crippen LogP contribution in [0.1, 0.15) is 84.0 Å². The van der Waals surface area contributed by atoms with Gasteiger partial charge in [0.2, 0.25) is 0 Å². The molecule has 0 aliphatic rings. The van der Waals surface area contributed by atoms with Gasteiger partial charge in [-0.25, -0.2) is 0 Å². The van der Waals surface area contributed by atoms with Crippen molar-refractivity contribution in [1.29, 1.82) is 0 Å². The molecule has 0 radical (unpaired) electrons. The highest BCUT2D eigenvalue weighted by molar-refractivity contribution is 5.69. The van der Waals surface area contributed by atoms with Gasteiger partial charge in [-0.2, -0.15) is 0 Å². The van der Waals surface area contributed by atoms with E-state index in [0.717, 1.165) is 19.3 Å². The fourth-order valence-corrected chi connectivity index (χ4v) is 2.67. The van der Waals surface area contributed by atoms with Gasteiger partial charge in [-0.05, 0) is 18.8 Å². The van der Waals surface area contributed by atoms with E-state index in [1.165, 1.54) is 59.2 Å². The van der Waals surface area contributed by atoms with Gasteiger partial charge < -0.3 is 9.47 Å². The summed E-state index contributed by atoms with van der Waals surface area (Å²) in [6.07, 6.45) is 12.6. The van der Waals surface area contributed by atoms with Crippen LogP contribution in [0.2, 0.25) is 0 Å². The zero-order chi connectivity index (χ0) is 16.6. The molecule has 0 aromatic carbocycles. The Morgan fingerprint density at radius 1 is 0.727 bits per heavy atom. The van der Waals surface area contributed by atoms with Gasteiger partial charge in [0.15, 0.2) is 0 Å². The number of carbonyl (C=O) groups excluding carboxylic acids is 2. The molecule has 0 saturated carbocycles. The molecular weight excluding hydrogens is 280 g/mol. The predicted molar refractivity (Wildman–Crippen MR) is 88.6 cm³/mol. The minimum atomic E-state index is -0.164. The van der Waals surface area contributed by atoms with E-state index in [1.807, 2.05) is 0 Å². The number of ether oxygens (including phenoxy) is 2. The van der Waals surface area contributed by atoms with Crippen molar-refractivity contribution < 1.29 is 19.1 Å². The van der Waals surface area contributed by atoms with Crippen LogP contribution in [0, 0.1) is 5.92 Å². The molecule has 0 rings (SSSR count). The second kappa shape index (κ2) is 14.9. The summed E-state index contributed by atoms with van der Waals surface area (Å²) in [6.45, 7) is 2.23. The fourth-order valence-electron chi connectivity index (χ4n) is 2.67. The van der Waals surface area contributed by atoms with Gasteiger partial charge in [-0.1, -0.05) is 58.3 Å². The molecule has 4 nitrogen and oxygen atoms in total. The number of esters is 2. The fraction of sp³-hybridized carbons (Fsp3) is 0.889. The monoisotopic (exact) mass is 314 g/mol. The third-order valence-electron chi connectivity index (χ3n) is 4.18. The molecule has 0 bridgehead atoms. The van der Waals surface area contributed by atoms with Crippen molar-refractivity contribution in [3.05, 3.63) is 0 Å². The van der Waals surface area contributed by atoms with Crippen molar-refractivity contribution >= 4 is 11.9 Å². The van der Waals surface area contributed by atoms with Crippen LogP contribution in [0.25, 0.3) is 0 Å². The first-order valence-corrected chi connectivity index (χ1v) is 8.77. The second-order valence-corrected chi connectivity index (χ2v) is 6.01. The molecular formula is C18H34O4. The van der Waals surface area contributed by atoms with E-state index in [9.17, 15) is 9.59 Å². The van der Waals surface area contributed by atoms with Crippen LogP contribution in [-0.4, -0.2) is 26.2 Å². The van der Waals surface area contributed by atoms with Crippen molar-refractivity contribution in [1.82, 2.24) is 0 Å². The normalized spacial score (nSPS) is 10.7. The summed E-state index contributed by atoms with van der Waals surface area (Å²) in [5, 5.41) is 0. The van der Waals surface area contributed by atoms with E-state index in [2.05, 4.69) is 6.92 Å². The molecule has 22 heavy (non-hydrogen) atoms. The molecule has 0 N–H and O–H groups in total. The molecule has 4 heteroatoms. The van der Waals surface area contributed by atoms with E-state index in [4.69, 9.17) is 9.47 Å². The first kappa shape index (κ1) is 20.9. The van der Waals surface area contributed by atoms with Gasteiger partial charge in [0.25, 0.3) is 0 Å². The number of unbranched alkanes of at least 4 members (excludes halogenated alkanes) is 6. The zero-order valence-corrected chi connectivity index (χ0v) is 14.7. The number of methoxy groups -OCH3 is 2. The Morgan fingerprint density at radius 2 is 1.18 bits per heavy atom. The number of rotatable bonds is 14. The van der Waals surface area contributed by atoms with Gasteiger partial charge >= 0.3 is 11.9 Å². The second-order valence-electron chi connectivity index (χ2n) is 6.01. The average molecular weight is 314 g/mol. The third-order valence-corrected chi connectivity index (χ3v) is 4.18. The largest absolute Gasteiger partial charge is 0.469 e. The van der Waals surface area contributed by atoms with Gasteiger partial charge in [0, 0.05) is 12.8 Å². The molecule has 0 saturated heterocycles. The average Bonchev–Trinajstić information content (AvgIpc) is 2.54. The lowest BCUT2D eigenvalue weighted by molar-refractivity contribution is -0.141. The smallest absolute Gasteiger partial charge is 0.305 e. The quantitative estimate of drug-likeness (QED) is 0.346. The van der Waals surface area contributed by atoms with Gasteiger partial charge in [0.05, 0.1) is 14.2 Å². The summed E-state index contributed by atoms with van der Waals surface area (Å²) >= 11 is 0. The van der Waals surface area contributed by atoms with Crippen molar-refractivity contribution in [2.45, 2.75) is 84.0 Å². The molecule has 130 valence electrons. The third kappa shape index (κ3) is 12.7. The van der Waals surface area contributed by atoms with Crippen LogP contribution < -0.4 is 0 Å². The van der Waals surface area contributed by atoms with E-state index in [0.29, 0.717) is 18.8 Å². The van der Waals surface area contributed by atoms with E-state index in [-0.39, 0.29) is 11.9 Å². The number of hydrogen-bond acceptors (Lipinski definition) is 4. The minimum Gasteiger partial charge on any atom is -0.469 e. The highest BCUT2D eigenvalue weighted by Gasteiger charge is 2.14. The summed E-state index contributed by atoms with van der Waals surface area (Å²) < 4.78 is 9.39. The Labute approximate surface area is 135 Å². The lowest BCUT2D eigenvalue weighted by Gasteiger charge is -2.15. The summed E-state index contributed by atoms with van der Waals surface area (Å²) in [5.41, 5.74) is 0. The molecule has 0 atom stereocenters. The predicted octanol–water partition coefficient (Wildman–Crippen LogP) is 4.65. The lowest BCUT2D eigenvalue weighted by Crippen LogP contribution is -2.10. The molecule has 0 aromatic rings. The Morgan fingerprint density at radius 3 is 1.64 bits per heavy atom. The van der Waals surface area contributed by atoms with Crippen LogP contribution in [0.4, 0.5) is 0 Å². The maximum atomic E-state index is 11.3. The molecule has 0 fully saturated rings. The number of carbonyl (C=O) groups is 2. The van der Waals surface area contributed by atoms with Crippen molar-refractivity contribution in [2.75, 3.05) is 14.2 Å². The Balaban J connectivity index is 3.90. The standard InChI is InChI=1S/C18H34O4/c1-4-5-6-7-8-9-10-11-16(12-14-17(19)21-2)13-15-18(20)22-3/h16H,4-15H2,1-3H3. The zero-order valence-electron chi connectivity index (χ0n) is 14.7. The highest BCUT2D eigenvalue weighted by atomic mass is 16.5.